The molecule has 0 aliphatic carbocycles. The Morgan fingerprint density at radius 2 is 1.78 bits per heavy atom. The van der Waals surface area contributed by atoms with E-state index < -0.39 is 17.4 Å². The van der Waals surface area contributed by atoms with Crippen LogP contribution in [-0.2, 0) is 12.7 Å². The highest BCUT2D eigenvalue weighted by atomic mass is 35.5. The van der Waals surface area contributed by atoms with E-state index in [1.54, 1.807) is 18.3 Å². The highest BCUT2D eigenvalue weighted by Crippen LogP contribution is 2.36. The van der Waals surface area contributed by atoms with E-state index in [1.807, 2.05) is 26.2 Å². The highest BCUT2D eigenvalue weighted by molar-refractivity contribution is 6.30. The molecule has 1 aliphatic rings. The molecular weight excluding hydrogens is 493 g/mol. The fraction of sp³-hybridized carbons (Fsp3) is 0.320. The van der Waals surface area contributed by atoms with Crippen molar-refractivity contribution in [1.29, 1.82) is 0 Å². The van der Waals surface area contributed by atoms with E-state index in [9.17, 15) is 18.0 Å². The fourth-order valence-electron chi connectivity index (χ4n) is 4.54. The molecule has 1 atom stereocenters. The first kappa shape index (κ1) is 24.3. The van der Waals surface area contributed by atoms with Gasteiger partial charge in [0, 0.05) is 29.7 Å². The highest BCUT2D eigenvalue weighted by Gasteiger charge is 2.31. The Kier molecular flexibility index (Phi) is 6.25. The number of halogens is 4. The maximum Gasteiger partial charge on any atom is 0.416 e. The number of hydrogen-bond acceptors (Lipinski definition) is 5. The summed E-state index contributed by atoms with van der Waals surface area (Å²) in [6.45, 7) is 1.56. The Morgan fingerprint density at radius 1 is 1.08 bits per heavy atom. The quantitative estimate of drug-likeness (QED) is 0.393. The Morgan fingerprint density at radius 3 is 2.39 bits per heavy atom. The summed E-state index contributed by atoms with van der Waals surface area (Å²) in [5.41, 5.74) is 2.24. The second-order valence-electron chi connectivity index (χ2n) is 9.14. The van der Waals surface area contributed by atoms with E-state index in [1.165, 1.54) is 21.3 Å². The summed E-state index contributed by atoms with van der Waals surface area (Å²) in [5, 5.41) is 9.59. The van der Waals surface area contributed by atoms with Crippen LogP contribution in [0.5, 0.6) is 0 Å². The maximum absolute atomic E-state index is 13.2. The number of nitrogens with zero attached hydrogens (tertiary/aromatic N) is 6. The summed E-state index contributed by atoms with van der Waals surface area (Å²) in [6.07, 6.45) is -1.81. The van der Waals surface area contributed by atoms with Crippen LogP contribution in [0.4, 0.5) is 18.9 Å². The van der Waals surface area contributed by atoms with E-state index in [0.29, 0.717) is 22.3 Å². The second kappa shape index (κ2) is 9.25. The van der Waals surface area contributed by atoms with Gasteiger partial charge in [0.2, 0.25) is 5.65 Å². The molecule has 2 aromatic carbocycles. The predicted octanol–water partition coefficient (Wildman–Crippen LogP) is 4.42. The molecule has 3 heterocycles. The molecule has 2 aromatic heterocycles. The average Bonchev–Trinajstić information content (AvgIpc) is 3.44. The van der Waals surface area contributed by atoms with Gasteiger partial charge in [-0.1, -0.05) is 35.9 Å². The standard InChI is InChI=1S/C25H24ClF3N6O/c1-32(2)20-11-12-33(15-20)22-21(17-5-9-19(26)10-6-17)13-30-35-23(22)31-34(24(35)36)14-16-3-7-18(8-4-16)25(27,28)29/h3-10,13,20H,11-12,14-15H2,1-2H3/t20-/m1/s1. The minimum Gasteiger partial charge on any atom is -0.366 e. The first-order valence-electron chi connectivity index (χ1n) is 11.4. The number of aromatic nitrogens is 4. The molecule has 1 fully saturated rings. The number of fused-ring (bicyclic) bond motifs is 1. The van der Waals surface area contributed by atoms with E-state index in [2.05, 4.69) is 20.0 Å². The van der Waals surface area contributed by atoms with Crippen LogP contribution in [0.2, 0.25) is 5.02 Å². The Hall–Kier alpha value is -3.37. The first-order valence-corrected chi connectivity index (χ1v) is 11.8. The van der Waals surface area contributed by atoms with Crippen molar-refractivity contribution in [3.8, 4) is 11.1 Å². The molecule has 0 radical (unpaired) electrons. The lowest BCUT2D eigenvalue weighted by Crippen LogP contribution is -2.32. The smallest absolute Gasteiger partial charge is 0.366 e. The molecule has 0 spiro atoms. The third-order valence-electron chi connectivity index (χ3n) is 6.57. The van der Waals surface area contributed by atoms with Crippen LogP contribution in [0.3, 0.4) is 0 Å². The van der Waals surface area contributed by atoms with Crippen molar-refractivity contribution < 1.29 is 13.2 Å². The average molecular weight is 517 g/mol. The lowest BCUT2D eigenvalue weighted by Gasteiger charge is -2.24. The Balaban J connectivity index is 1.59. The van der Waals surface area contributed by atoms with Gasteiger partial charge in [-0.05, 0) is 55.9 Å². The predicted molar refractivity (Wildman–Crippen MR) is 133 cm³/mol. The van der Waals surface area contributed by atoms with Crippen molar-refractivity contribution in [1.82, 2.24) is 24.3 Å². The van der Waals surface area contributed by atoms with Crippen LogP contribution in [0.1, 0.15) is 17.5 Å². The minimum absolute atomic E-state index is 0.0242. The van der Waals surface area contributed by atoms with Gasteiger partial charge in [0.25, 0.3) is 0 Å². The molecule has 4 aromatic rings. The maximum atomic E-state index is 13.2. The molecular formula is C25H24ClF3N6O. The molecule has 0 bridgehead atoms. The molecule has 0 N–H and O–H groups in total. The minimum atomic E-state index is -4.42. The van der Waals surface area contributed by atoms with Crippen molar-refractivity contribution in [3.05, 3.63) is 81.4 Å². The summed E-state index contributed by atoms with van der Waals surface area (Å²) in [5.74, 6) is 0. The number of alkyl halides is 3. The van der Waals surface area contributed by atoms with Crippen molar-refractivity contribution in [3.63, 3.8) is 0 Å². The summed E-state index contributed by atoms with van der Waals surface area (Å²) in [6, 6.07) is 12.5. The SMILES string of the molecule is CN(C)[C@@H]1CCN(c2c(-c3ccc(Cl)cc3)cnn3c(=O)n(Cc4ccc(C(F)(F)F)cc4)nc23)C1. The first-order chi connectivity index (χ1) is 17.1. The third kappa shape index (κ3) is 4.58. The zero-order valence-corrected chi connectivity index (χ0v) is 20.5. The van der Waals surface area contributed by atoms with Gasteiger partial charge in [-0.25, -0.2) is 9.48 Å². The van der Waals surface area contributed by atoms with E-state index in [-0.39, 0.29) is 6.54 Å². The van der Waals surface area contributed by atoms with Crippen molar-refractivity contribution in [2.45, 2.75) is 25.2 Å². The van der Waals surface area contributed by atoms with E-state index in [0.717, 1.165) is 48.5 Å². The van der Waals surface area contributed by atoms with Gasteiger partial charge < -0.3 is 9.80 Å². The topological polar surface area (TPSA) is 58.7 Å². The summed E-state index contributed by atoms with van der Waals surface area (Å²) >= 11 is 6.10. The van der Waals surface area contributed by atoms with Crippen LogP contribution >= 0.6 is 11.6 Å². The second-order valence-corrected chi connectivity index (χ2v) is 9.57. The van der Waals surface area contributed by atoms with Crippen LogP contribution in [0.15, 0.2) is 59.5 Å². The molecule has 188 valence electrons. The lowest BCUT2D eigenvalue weighted by atomic mass is 10.1. The Labute approximate surface area is 210 Å². The van der Waals surface area contributed by atoms with Gasteiger partial charge in [0.05, 0.1) is 24.0 Å². The van der Waals surface area contributed by atoms with Crippen molar-refractivity contribution >= 4 is 22.9 Å². The van der Waals surface area contributed by atoms with Crippen LogP contribution < -0.4 is 10.6 Å². The van der Waals surface area contributed by atoms with Crippen LogP contribution in [0, 0.1) is 0 Å². The number of hydrogen-bond donors (Lipinski definition) is 0. The molecule has 11 heteroatoms. The molecule has 36 heavy (non-hydrogen) atoms. The number of likely N-dealkylation sites (N-methyl/N-ethyl adjacent to an activating group) is 1. The number of benzene rings is 2. The van der Waals surface area contributed by atoms with Crippen LogP contribution in [-0.4, -0.2) is 57.5 Å². The summed E-state index contributed by atoms with van der Waals surface area (Å²) < 4.78 is 41.3. The third-order valence-corrected chi connectivity index (χ3v) is 6.82. The van der Waals surface area contributed by atoms with Gasteiger partial charge >= 0.3 is 11.9 Å². The van der Waals surface area contributed by atoms with E-state index >= 15 is 0 Å². The largest absolute Gasteiger partial charge is 0.416 e. The number of rotatable bonds is 5. The number of anilines is 1. The van der Waals surface area contributed by atoms with Gasteiger partial charge in [-0.15, -0.1) is 5.10 Å². The molecule has 0 amide bonds. The normalized spacial score (nSPS) is 16.4. The molecule has 1 saturated heterocycles. The van der Waals surface area contributed by atoms with Crippen molar-refractivity contribution in [2.24, 2.45) is 0 Å². The van der Waals surface area contributed by atoms with Crippen LogP contribution in [0.25, 0.3) is 16.8 Å². The molecule has 5 rings (SSSR count). The van der Waals surface area contributed by atoms with Crippen molar-refractivity contribution in [2.75, 3.05) is 32.1 Å². The molecule has 0 saturated carbocycles. The molecule has 0 unspecified atom stereocenters. The van der Waals surface area contributed by atoms with Gasteiger partial charge in [0.1, 0.15) is 0 Å². The van der Waals surface area contributed by atoms with Gasteiger partial charge in [0.15, 0.2) is 0 Å². The Bertz CT molecular complexity index is 1440. The monoisotopic (exact) mass is 516 g/mol. The van der Waals surface area contributed by atoms with E-state index in [4.69, 9.17) is 11.6 Å². The summed E-state index contributed by atoms with van der Waals surface area (Å²) in [7, 11) is 4.08. The zero-order valence-electron chi connectivity index (χ0n) is 19.7. The fourth-order valence-corrected chi connectivity index (χ4v) is 4.67. The molecule has 1 aliphatic heterocycles. The molecule has 7 nitrogen and oxygen atoms in total. The lowest BCUT2D eigenvalue weighted by molar-refractivity contribution is -0.137. The summed E-state index contributed by atoms with van der Waals surface area (Å²) in [4.78, 5) is 17.6. The zero-order chi connectivity index (χ0) is 25.6. The van der Waals surface area contributed by atoms with Gasteiger partial charge in [-0.3, -0.25) is 0 Å². The van der Waals surface area contributed by atoms with Gasteiger partial charge in [-0.2, -0.15) is 22.8 Å².